The molecule has 21 heavy (non-hydrogen) atoms. The molecule has 0 atom stereocenters. The molecular weight excluding hydrogens is 290 g/mol. The van der Waals surface area contributed by atoms with E-state index in [1.54, 1.807) is 26.0 Å². The van der Waals surface area contributed by atoms with E-state index in [2.05, 4.69) is 19.9 Å². The highest BCUT2D eigenvalue weighted by molar-refractivity contribution is 7.89. The third-order valence-electron chi connectivity index (χ3n) is 3.10. The fraction of sp³-hybridized carbons (Fsp3) is 0.385. The van der Waals surface area contributed by atoms with E-state index in [9.17, 15) is 8.42 Å². The van der Waals surface area contributed by atoms with Crippen molar-refractivity contribution in [2.45, 2.75) is 31.6 Å². The first-order chi connectivity index (χ1) is 9.90. The number of nitrogens with zero attached hydrogens (tertiary/aromatic N) is 2. The molecule has 1 heterocycles. The van der Waals surface area contributed by atoms with Crippen molar-refractivity contribution in [1.29, 1.82) is 0 Å². The Morgan fingerprint density at radius 1 is 1.29 bits per heavy atom. The lowest BCUT2D eigenvalue weighted by Crippen LogP contribution is -2.26. The number of nitrogens with one attached hydrogen (secondary N) is 2. The molecule has 0 aliphatic carbocycles. The normalized spacial score (nSPS) is 11.7. The summed E-state index contributed by atoms with van der Waals surface area (Å²) in [6, 6.07) is 3.33. The number of anilines is 1. The van der Waals surface area contributed by atoms with Gasteiger partial charge in [-0.15, -0.1) is 0 Å². The molecule has 8 heteroatoms. The maximum atomic E-state index is 12.4. The van der Waals surface area contributed by atoms with Crippen LogP contribution >= 0.6 is 0 Å². The molecule has 0 aliphatic rings. The largest absolute Gasteiger partial charge is 0.399 e. The molecule has 0 amide bonds. The second-order valence-corrected chi connectivity index (χ2v) is 6.62. The molecule has 1 aromatic heterocycles. The molecule has 0 spiro atoms. The molecule has 0 radical (unpaired) electrons. The SMILES string of the molecule is Cc1cc(N)cc(C)c1S(=O)(=O)NCCCc1ncn[nH]1. The number of sulfonamides is 1. The predicted octanol–water partition coefficient (Wildman–Crippen LogP) is 0.915. The molecular formula is C13H19N5O2S. The number of hydrogen-bond acceptors (Lipinski definition) is 5. The molecule has 2 rings (SSSR count). The molecule has 7 nitrogen and oxygen atoms in total. The number of aryl methyl sites for hydroxylation is 3. The molecule has 0 aliphatic heterocycles. The van der Waals surface area contributed by atoms with Gasteiger partial charge in [-0.1, -0.05) is 0 Å². The number of aromatic amines is 1. The van der Waals surface area contributed by atoms with Crippen molar-refractivity contribution in [3.63, 3.8) is 0 Å². The summed E-state index contributed by atoms with van der Waals surface area (Å²) in [7, 11) is -3.53. The van der Waals surface area contributed by atoms with Gasteiger partial charge in [0.15, 0.2) is 0 Å². The summed E-state index contributed by atoms with van der Waals surface area (Å²) in [6.07, 6.45) is 2.71. The second kappa shape index (κ2) is 6.23. The first-order valence-electron chi connectivity index (χ1n) is 6.61. The van der Waals surface area contributed by atoms with Crippen LogP contribution < -0.4 is 10.5 Å². The second-order valence-electron chi connectivity index (χ2n) is 4.92. The van der Waals surface area contributed by atoms with Crippen LogP contribution in [0.4, 0.5) is 5.69 Å². The Bertz CT molecular complexity index is 687. The maximum absolute atomic E-state index is 12.4. The summed E-state index contributed by atoms with van der Waals surface area (Å²) in [5.74, 6) is 0.744. The molecule has 0 saturated carbocycles. The van der Waals surface area contributed by atoms with E-state index in [4.69, 9.17) is 5.73 Å². The Morgan fingerprint density at radius 3 is 2.52 bits per heavy atom. The summed E-state index contributed by atoms with van der Waals surface area (Å²) in [5.41, 5.74) is 7.58. The van der Waals surface area contributed by atoms with Crippen LogP contribution in [0.1, 0.15) is 23.4 Å². The molecule has 4 N–H and O–H groups in total. The number of benzene rings is 1. The van der Waals surface area contributed by atoms with E-state index in [0.717, 1.165) is 5.82 Å². The van der Waals surface area contributed by atoms with E-state index in [0.29, 0.717) is 41.1 Å². The first-order valence-corrected chi connectivity index (χ1v) is 8.09. The minimum Gasteiger partial charge on any atom is -0.399 e. The highest BCUT2D eigenvalue weighted by atomic mass is 32.2. The smallest absolute Gasteiger partial charge is 0.241 e. The van der Waals surface area contributed by atoms with E-state index in [1.807, 2.05) is 0 Å². The van der Waals surface area contributed by atoms with Gasteiger partial charge >= 0.3 is 0 Å². The van der Waals surface area contributed by atoms with Gasteiger partial charge in [0.25, 0.3) is 0 Å². The van der Waals surface area contributed by atoms with Gasteiger partial charge in [0.05, 0.1) is 4.90 Å². The van der Waals surface area contributed by atoms with E-state index in [-0.39, 0.29) is 0 Å². The lowest BCUT2D eigenvalue weighted by Gasteiger charge is -2.12. The van der Waals surface area contributed by atoms with Gasteiger partial charge < -0.3 is 5.73 Å². The summed E-state index contributed by atoms with van der Waals surface area (Å²) in [4.78, 5) is 4.29. The molecule has 0 fully saturated rings. The molecule has 114 valence electrons. The average molecular weight is 309 g/mol. The minimum atomic E-state index is -3.53. The highest BCUT2D eigenvalue weighted by Crippen LogP contribution is 2.22. The van der Waals surface area contributed by atoms with Gasteiger partial charge in [-0.3, -0.25) is 5.10 Å². The quantitative estimate of drug-likeness (QED) is 0.542. The number of nitrogens with two attached hydrogens (primary N) is 1. The maximum Gasteiger partial charge on any atom is 0.241 e. The average Bonchev–Trinajstić information content (AvgIpc) is 2.86. The van der Waals surface area contributed by atoms with Crippen molar-refractivity contribution in [3.8, 4) is 0 Å². The van der Waals surface area contributed by atoms with Crippen LogP contribution in [0.2, 0.25) is 0 Å². The monoisotopic (exact) mass is 309 g/mol. The summed E-state index contributed by atoms with van der Waals surface area (Å²) < 4.78 is 27.3. The van der Waals surface area contributed by atoms with Crippen LogP contribution in [0.5, 0.6) is 0 Å². The Morgan fingerprint density at radius 2 is 1.95 bits per heavy atom. The van der Waals surface area contributed by atoms with Crippen LogP contribution in [0.25, 0.3) is 0 Å². The third-order valence-corrected chi connectivity index (χ3v) is 4.86. The van der Waals surface area contributed by atoms with Crippen molar-refractivity contribution in [2.75, 3.05) is 12.3 Å². The lowest BCUT2D eigenvalue weighted by atomic mass is 10.1. The van der Waals surface area contributed by atoms with E-state index >= 15 is 0 Å². The van der Waals surface area contributed by atoms with Crippen molar-refractivity contribution < 1.29 is 8.42 Å². The van der Waals surface area contributed by atoms with Gasteiger partial charge in [-0.2, -0.15) is 5.10 Å². The van der Waals surface area contributed by atoms with Gasteiger partial charge in [-0.05, 0) is 43.5 Å². The van der Waals surface area contributed by atoms with Crippen LogP contribution in [0.15, 0.2) is 23.4 Å². The molecule has 0 bridgehead atoms. The van der Waals surface area contributed by atoms with Gasteiger partial charge in [0.2, 0.25) is 10.0 Å². The zero-order valence-corrected chi connectivity index (χ0v) is 12.9. The minimum absolute atomic E-state index is 0.302. The van der Waals surface area contributed by atoms with Crippen LogP contribution in [0.3, 0.4) is 0 Å². The molecule has 1 aromatic carbocycles. The number of nitrogen functional groups attached to an aromatic ring is 1. The van der Waals surface area contributed by atoms with Gasteiger partial charge in [-0.25, -0.2) is 18.1 Å². The number of H-pyrrole nitrogens is 1. The summed E-state index contributed by atoms with van der Waals surface area (Å²) >= 11 is 0. The van der Waals surface area contributed by atoms with Crippen molar-refractivity contribution in [1.82, 2.24) is 19.9 Å². The highest BCUT2D eigenvalue weighted by Gasteiger charge is 2.19. The van der Waals surface area contributed by atoms with Crippen molar-refractivity contribution in [3.05, 3.63) is 35.4 Å². The van der Waals surface area contributed by atoms with Gasteiger partial charge in [0, 0.05) is 18.7 Å². The fourth-order valence-corrected chi connectivity index (χ4v) is 3.82. The zero-order valence-electron chi connectivity index (χ0n) is 12.0. The summed E-state index contributed by atoms with van der Waals surface area (Å²) in [5, 5.41) is 6.48. The molecule has 2 aromatic rings. The lowest BCUT2D eigenvalue weighted by molar-refractivity contribution is 0.577. The van der Waals surface area contributed by atoms with Crippen molar-refractivity contribution in [2.24, 2.45) is 0 Å². The number of hydrogen-bond donors (Lipinski definition) is 3. The predicted molar refractivity (Wildman–Crippen MR) is 80.2 cm³/mol. The number of aromatic nitrogens is 3. The Balaban J connectivity index is 2.02. The van der Waals surface area contributed by atoms with Crippen LogP contribution in [0, 0.1) is 13.8 Å². The third kappa shape index (κ3) is 3.79. The topological polar surface area (TPSA) is 114 Å². The first kappa shape index (κ1) is 15.5. The Hall–Kier alpha value is -1.93. The van der Waals surface area contributed by atoms with E-state index in [1.165, 1.54) is 6.33 Å². The van der Waals surface area contributed by atoms with Gasteiger partial charge in [0.1, 0.15) is 12.2 Å². The zero-order chi connectivity index (χ0) is 15.5. The van der Waals surface area contributed by atoms with Crippen molar-refractivity contribution >= 4 is 15.7 Å². The van der Waals surface area contributed by atoms with Crippen LogP contribution in [-0.2, 0) is 16.4 Å². The summed E-state index contributed by atoms with van der Waals surface area (Å²) in [6.45, 7) is 3.82. The fourth-order valence-electron chi connectivity index (χ4n) is 2.29. The van der Waals surface area contributed by atoms with E-state index < -0.39 is 10.0 Å². The molecule has 0 unspecified atom stereocenters. The molecule has 0 saturated heterocycles. The Kier molecular flexibility index (Phi) is 4.59. The Labute approximate surface area is 124 Å². The number of rotatable bonds is 6. The van der Waals surface area contributed by atoms with Crippen LogP contribution in [-0.4, -0.2) is 30.1 Å². The standard InChI is InChI=1S/C13H19N5O2S/c1-9-6-11(14)7-10(2)13(9)21(19,20)17-5-3-4-12-15-8-16-18-12/h6-8,17H,3-5,14H2,1-2H3,(H,15,16,18).